The molecule has 3 aromatic rings. The predicted molar refractivity (Wildman–Crippen MR) is 96.9 cm³/mol. The van der Waals surface area contributed by atoms with Gasteiger partial charge >= 0.3 is 6.01 Å². The molecule has 1 aliphatic heterocycles. The molecule has 0 amide bonds. The number of aryl methyl sites for hydroxylation is 1. The van der Waals surface area contributed by atoms with E-state index in [2.05, 4.69) is 35.9 Å². The summed E-state index contributed by atoms with van der Waals surface area (Å²) in [7, 11) is 1.86. The third-order valence-corrected chi connectivity index (χ3v) is 4.49. The highest BCUT2D eigenvalue weighted by molar-refractivity contribution is 5.54. The highest BCUT2D eigenvalue weighted by Crippen LogP contribution is 2.37. The Kier molecular flexibility index (Phi) is 4.41. The van der Waals surface area contributed by atoms with Crippen LogP contribution >= 0.6 is 0 Å². The largest absolute Gasteiger partial charge is 0.463 e. The van der Waals surface area contributed by atoms with Crippen LogP contribution in [0.25, 0.3) is 11.4 Å². The van der Waals surface area contributed by atoms with Crippen molar-refractivity contribution in [2.75, 3.05) is 6.61 Å². The van der Waals surface area contributed by atoms with Crippen LogP contribution in [0.2, 0.25) is 0 Å². The van der Waals surface area contributed by atoms with Gasteiger partial charge in [0.05, 0.1) is 6.61 Å². The van der Waals surface area contributed by atoms with Gasteiger partial charge in [0.15, 0.2) is 5.82 Å². The van der Waals surface area contributed by atoms with Crippen molar-refractivity contribution >= 4 is 0 Å². The number of rotatable bonds is 6. The molecule has 136 valence electrons. The number of ether oxygens (including phenoxy) is 1. The molecule has 9 heteroatoms. The number of nitrogens with zero attached hydrogens (tertiary/aromatic N) is 8. The zero-order valence-corrected chi connectivity index (χ0v) is 15.0. The van der Waals surface area contributed by atoms with Gasteiger partial charge in [-0.3, -0.25) is 9.55 Å². The van der Waals surface area contributed by atoms with Crippen LogP contribution in [-0.4, -0.2) is 26.4 Å². The minimum atomic E-state index is -0.849. The molecule has 1 aliphatic rings. The van der Waals surface area contributed by atoms with E-state index in [4.69, 9.17) is 4.74 Å². The van der Waals surface area contributed by atoms with Gasteiger partial charge in [-0.25, -0.2) is 0 Å². The van der Waals surface area contributed by atoms with Gasteiger partial charge in [-0.1, -0.05) is 29.4 Å². The molecule has 0 saturated carbocycles. The fourth-order valence-electron chi connectivity index (χ4n) is 3.05. The Hall–Kier alpha value is -3.49. The second-order valence-corrected chi connectivity index (χ2v) is 6.21. The zero-order valence-electron chi connectivity index (χ0n) is 15.0. The minimum Gasteiger partial charge on any atom is -0.463 e. The standard InChI is InChI=1S/C18H18N8O/c1-13-5-3-4-6-15(13)18(22-24-25-23-18)9-12-27-17-21-20-16(26(17)2)14-7-10-19-11-8-14/h3-8,10-11H,9,12H2,1-2H3. The van der Waals surface area contributed by atoms with Crippen molar-refractivity contribution in [2.24, 2.45) is 27.7 Å². The van der Waals surface area contributed by atoms with Crippen LogP contribution in [0.5, 0.6) is 6.01 Å². The van der Waals surface area contributed by atoms with E-state index in [-0.39, 0.29) is 0 Å². The molecule has 0 saturated heterocycles. The number of benzene rings is 1. The third-order valence-electron chi connectivity index (χ3n) is 4.49. The summed E-state index contributed by atoms with van der Waals surface area (Å²) in [5.41, 5.74) is 2.12. The molecule has 9 nitrogen and oxygen atoms in total. The van der Waals surface area contributed by atoms with Crippen LogP contribution in [0.1, 0.15) is 17.5 Å². The summed E-state index contributed by atoms with van der Waals surface area (Å²) in [6.07, 6.45) is 3.92. The smallest absolute Gasteiger partial charge is 0.316 e. The lowest BCUT2D eigenvalue weighted by molar-refractivity contribution is 0.238. The van der Waals surface area contributed by atoms with Gasteiger partial charge in [0.2, 0.25) is 5.66 Å². The Bertz CT molecular complexity index is 984. The first kappa shape index (κ1) is 17.0. The normalized spacial score (nSPS) is 14.6. The maximum Gasteiger partial charge on any atom is 0.316 e. The highest BCUT2D eigenvalue weighted by atomic mass is 16.5. The van der Waals surface area contributed by atoms with E-state index in [0.717, 1.165) is 16.7 Å². The van der Waals surface area contributed by atoms with E-state index in [9.17, 15) is 0 Å². The van der Waals surface area contributed by atoms with E-state index < -0.39 is 5.66 Å². The maximum atomic E-state index is 5.86. The van der Waals surface area contributed by atoms with Crippen molar-refractivity contribution < 1.29 is 4.74 Å². The first-order chi connectivity index (χ1) is 13.2. The monoisotopic (exact) mass is 362 g/mol. The van der Waals surface area contributed by atoms with E-state index in [0.29, 0.717) is 24.9 Å². The molecule has 0 fully saturated rings. The average Bonchev–Trinajstić information content (AvgIpc) is 3.31. The Morgan fingerprint density at radius 3 is 2.48 bits per heavy atom. The number of hydrogen-bond acceptors (Lipinski definition) is 8. The fraction of sp³-hybridized carbons (Fsp3) is 0.278. The van der Waals surface area contributed by atoms with Gasteiger partial charge in [-0.15, -0.1) is 15.3 Å². The van der Waals surface area contributed by atoms with Crippen LogP contribution in [0, 0.1) is 6.92 Å². The third kappa shape index (κ3) is 3.19. The molecule has 27 heavy (non-hydrogen) atoms. The molecule has 0 spiro atoms. The van der Waals surface area contributed by atoms with Crippen LogP contribution in [-0.2, 0) is 12.7 Å². The molecule has 0 aliphatic carbocycles. The molecule has 0 atom stereocenters. The number of pyridine rings is 1. The van der Waals surface area contributed by atoms with Gasteiger partial charge in [0.1, 0.15) is 0 Å². The lowest BCUT2D eigenvalue weighted by Gasteiger charge is -2.21. The molecule has 0 bridgehead atoms. The van der Waals surface area contributed by atoms with Gasteiger partial charge in [0.25, 0.3) is 0 Å². The molecule has 0 unspecified atom stereocenters. The van der Waals surface area contributed by atoms with Gasteiger partial charge < -0.3 is 4.74 Å². The predicted octanol–water partition coefficient (Wildman–Crippen LogP) is 3.64. The number of aromatic nitrogens is 4. The van der Waals surface area contributed by atoms with Crippen LogP contribution in [0.3, 0.4) is 0 Å². The fourth-order valence-corrected chi connectivity index (χ4v) is 3.05. The van der Waals surface area contributed by atoms with Crippen LogP contribution < -0.4 is 4.74 Å². The highest BCUT2D eigenvalue weighted by Gasteiger charge is 2.36. The quantitative estimate of drug-likeness (QED) is 0.668. The molecule has 2 aromatic heterocycles. The van der Waals surface area contributed by atoms with E-state index in [1.807, 2.05) is 50.4 Å². The molecule has 0 N–H and O–H groups in total. The lowest BCUT2D eigenvalue weighted by atomic mass is 9.94. The molecule has 4 rings (SSSR count). The average molecular weight is 362 g/mol. The summed E-state index contributed by atoms with van der Waals surface area (Å²) in [4.78, 5) is 4.02. The minimum absolute atomic E-state index is 0.342. The van der Waals surface area contributed by atoms with E-state index in [1.54, 1.807) is 17.0 Å². The molecule has 0 radical (unpaired) electrons. The van der Waals surface area contributed by atoms with Crippen molar-refractivity contribution in [3.63, 3.8) is 0 Å². The summed E-state index contributed by atoms with van der Waals surface area (Å²) < 4.78 is 7.66. The molecular weight excluding hydrogens is 344 g/mol. The van der Waals surface area contributed by atoms with Crippen molar-refractivity contribution in [3.8, 4) is 17.4 Å². The first-order valence-corrected chi connectivity index (χ1v) is 8.52. The Morgan fingerprint density at radius 2 is 1.74 bits per heavy atom. The van der Waals surface area contributed by atoms with Crippen LogP contribution in [0.4, 0.5) is 0 Å². The van der Waals surface area contributed by atoms with Gasteiger partial charge in [0, 0.05) is 37.0 Å². The van der Waals surface area contributed by atoms with Crippen molar-refractivity contribution in [2.45, 2.75) is 19.0 Å². The topological polar surface area (TPSA) is 102 Å². The summed E-state index contributed by atoms with van der Waals surface area (Å²) in [5, 5.41) is 24.3. The Labute approximate surface area is 155 Å². The van der Waals surface area contributed by atoms with Crippen molar-refractivity contribution in [3.05, 3.63) is 59.9 Å². The molecule has 3 heterocycles. The van der Waals surface area contributed by atoms with E-state index in [1.165, 1.54) is 0 Å². The van der Waals surface area contributed by atoms with Crippen molar-refractivity contribution in [1.82, 2.24) is 19.7 Å². The Balaban J connectivity index is 1.50. The van der Waals surface area contributed by atoms with Gasteiger partial charge in [-0.2, -0.15) is 0 Å². The Morgan fingerprint density at radius 1 is 1.00 bits per heavy atom. The molecular formula is C18H18N8O. The summed E-state index contributed by atoms with van der Waals surface area (Å²) in [6, 6.07) is 12.1. The SMILES string of the molecule is Cc1ccccc1C1(CCOc2nnc(-c3ccncc3)n2C)N=NN=N1. The first-order valence-electron chi connectivity index (χ1n) is 8.52. The maximum absolute atomic E-state index is 5.86. The number of hydrogen-bond donors (Lipinski definition) is 0. The second-order valence-electron chi connectivity index (χ2n) is 6.21. The summed E-state index contributed by atoms with van der Waals surface area (Å²) in [5.74, 6) is 0.709. The zero-order chi connectivity index (χ0) is 18.7. The molecule has 1 aromatic carbocycles. The summed E-state index contributed by atoms with van der Waals surface area (Å²) >= 11 is 0. The summed E-state index contributed by atoms with van der Waals surface area (Å²) in [6.45, 7) is 2.36. The van der Waals surface area contributed by atoms with Crippen LogP contribution in [0.15, 0.2) is 69.5 Å². The van der Waals surface area contributed by atoms with Gasteiger partial charge in [-0.05, 0) is 35.1 Å². The van der Waals surface area contributed by atoms with Crippen molar-refractivity contribution in [1.29, 1.82) is 0 Å². The lowest BCUT2D eigenvalue weighted by Crippen LogP contribution is -2.23. The van der Waals surface area contributed by atoms with E-state index >= 15 is 0 Å². The second kappa shape index (κ2) is 7.02.